The molecular formula is C18H19Cl2NO2. The van der Waals surface area contributed by atoms with Crippen molar-refractivity contribution in [1.29, 1.82) is 0 Å². The molecule has 3 nitrogen and oxygen atoms in total. The van der Waals surface area contributed by atoms with Crippen LogP contribution in [0.5, 0.6) is 5.75 Å². The van der Waals surface area contributed by atoms with Crippen molar-refractivity contribution in [3.8, 4) is 5.75 Å². The Hall–Kier alpha value is -1.71. The third-order valence-electron chi connectivity index (χ3n) is 3.70. The van der Waals surface area contributed by atoms with E-state index < -0.39 is 6.10 Å². The van der Waals surface area contributed by atoms with Crippen molar-refractivity contribution in [2.45, 2.75) is 33.4 Å². The molecule has 0 unspecified atom stereocenters. The number of aryl methyl sites for hydroxylation is 1. The number of halogens is 2. The second-order valence-electron chi connectivity index (χ2n) is 5.41. The smallest absolute Gasteiger partial charge is 0.261 e. The number of hydrogen-bond donors (Lipinski definition) is 1. The normalized spacial score (nSPS) is 11.9. The summed E-state index contributed by atoms with van der Waals surface area (Å²) in [5.41, 5.74) is 2.97. The average molecular weight is 352 g/mol. The van der Waals surface area contributed by atoms with Gasteiger partial charge < -0.3 is 10.1 Å². The van der Waals surface area contributed by atoms with Crippen LogP contribution in [0.25, 0.3) is 0 Å². The van der Waals surface area contributed by atoms with Crippen LogP contribution < -0.4 is 10.1 Å². The second kappa shape index (κ2) is 7.71. The Morgan fingerprint density at radius 1 is 1.22 bits per heavy atom. The number of rotatable bonds is 5. The van der Waals surface area contributed by atoms with E-state index in [1.165, 1.54) is 0 Å². The maximum absolute atomic E-state index is 12.2. The largest absolute Gasteiger partial charge is 0.481 e. The first-order valence-electron chi connectivity index (χ1n) is 7.33. The first-order chi connectivity index (χ1) is 10.9. The van der Waals surface area contributed by atoms with Gasteiger partial charge in [0.15, 0.2) is 6.10 Å². The van der Waals surface area contributed by atoms with Gasteiger partial charge in [-0.05, 0) is 55.7 Å². The zero-order valence-corrected chi connectivity index (χ0v) is 14.8. The molecule has 0 aliphatic rings. The highest BCUT2D eigenvalue weighted by Gasteiger charge is 2.16. The van der Waals surface area contributed by atoms with Gasteiger partial charge in [0.05, 0.1) is 0 Å². The highest BCUT2D eigenvalue weighted by Crippen LogP contribution is 2.22. The van der Waals surface area contributed by atoms with Gasteiger partial charge in [0.25, 0.3) is 5.91 Å². The molecule has 0 bridgehead atoms. The molecule has 2 aromatic rings. The maximum atomic E-state index is 12.2. The van der Waals surface area contributed by atoms with Gasteiger partial charge in [-0.1, -0.05) is 41.4 Å². The first kappa shape index (κ1) is 17.6. The molecule has 0 radical (unpaired) electrons. The van der Waals surface area contributed by atoms with E-state index in [0.29, 0.717) is 16.6 Å². The fourth-order valence-corrected chi connectivity index (χ4v) is 2.56. The topological polar surface area (TPSA) is 38.3 Å². The summed E-state index contributed by atoms with van der Waals surface area (Å²) in [7, 11) is 0. The second-order valence-corrected chi connectivity index (χ2v) is 6.26. The van der Waals surface area contributed by atoms with Gasteiger partial charge in [0, 0.05) is 16.6 Å². The van der Waals surface area contributed by atoms with Gasteiger partial charge in [-0.15, -0.1) is 0 Å². The van der Waals surface area contributed by atoms with Gasteiger partial charge in [-0.25, -0.2) is 0 Å². The number of nitrogens with one attached hydrogen (secondary N) is 1. The minimum Gasteiger partial charge on any atom is -0.481 e. The van der Waals surface area contributed by atoms with Crippen molar-refractivity contribution < 1.29 is 9.53 Å². The lowest BCUT2D eigenvalue weighted by Crippen LogP contribution is -2.36. The van der Waals surface area contributed by atoms with Crippen LogP contribution in [0.4, 0.5) is 0 Å². The number of benzene rings is 2. The summed E-state index contributed by atoms with van der Waals surface area (Å²) < 4.78 is 5.76. The Balaban J connectivity index is 1.96. The molecular weight excluding hydrogens is 333 g/mol. The summed E-state index contributed by atoms with van der Waals surface area (Å²) in [5, 5.41) is 3.92. The van der Waals surface area contributed by atoms with Gasteiger partial charge in [-0.3, -0.25) is 4.79 Å². The molecule has 1 N–H and O–H groups in total. The molecule has 23 heavy (non-hydrogen) atoms. The number of carbonyl (C=O) groups excluding carboxylic acids is 1. The highest BCUT2D eigenvalue weighted by atomic mass is 35.5. The first-order valence-corrected chi connectivity index (χ1v) is 8.08. The molecule has 1 atom stereocenters. The molecule has 0 spiro atoms. The van der Waals surface area contributed by atoms with Crippen molar-refractivity contribution >= 4 is 29.1 Å². The summed E-state index contributed by atoms with van der Waals surface area (Å²) in [5.74, 6) is 0.522. The average Bonchev–Trinajstić information content (AvgIpc) is 2.50. The Morgan fingerprint density at radius 3 is 2.65 bits per heavy atom. The maximum Gasteiger partial charge on any atom is 0.261 e. The summed E-state index contributed by atoms with van der Waals surface area (Å²) in [4.78, 5) is 12.2. The molecule has 0 fully saturated rings. The molecule has 122 valence electrons. The Morgan fingerprint density at radius 2 is 1.96 bits per heavy atom. The van der Waals surface area contributed by atoms with Crippen molar-refractivity contribution in [3.63, 3.8) is 0 Å². The van der Waals surface area contributed by atoms with Gasteiger partial charge in [-0.2, -0.15) is 0 Å². The molecule has 1 amide bonds. The predicted molar refractivity (Wildman–Crippen MR) is 94.3 cm³/mol. The van der Waals surface area contributed by atoms with E-state index in [1.54, 1.807) is 25.1 Å². The van der Waals surface area contributed by atoms with E-state index in [0.717, 1.165) is 22.4 Å². The summed E-state index contributed by atoms with van der Waals surface area (Å²) in [6, 6.07) is 11.0. The molecule has 2 aromatic carbocycles. The number of carbonyl (C=O) groups is 1. The summed E-state index contributed by atoms with van der Waals surface area (Å²) in [6.07, 6.45) is -0.596. The minimum absolute atomic E-state index is 0.197. The predicted octanol–water partition coefficient (Wildman–Crippen LogP) is 4.69. The van der Waals surface area contributed by atoms with E-state index in [4.69, 9.17) is 27.9 Å². The molecule has 0 aliphatic heterocycles. The van der Waals surface area contributed by atoms with E-state index in [9.17, 15) is 4.79 Å². The minimum atomic E-state index is -0.596. The number of amides is 1. The van der Waals surface area contributed by atoms with Crippen LogP contribution >= 0.6 is 23.2 Å². The third kappa shape index (κ3) is 4.63. The molecule has 0 saturated heterocycles. The van der Waals surface area contributed by atoms with Crippen LogP contribution in [0.3, 0.4) is 0 Å². The monoisotopic (exact) mass is 351 g/mol. The SMILES string of the molecule is Cc1cccc(O[C@@H](C)C(=O)NCc2ccc(Cl)cc2Cl)c1C. The van der Waals surface area contributed by atoms with Crippen LogP contribution in [0.15, 0.2) is 36.4 Å². The zero-order valence-electron chi connectivity index (χ0n) is 13.3. The molecule has 0 aromatic heterocycles. The fourth-order valence-electron chi connectivity index (χ4n) is 2.09. The molecule has 0 saturated carbocycles. The van der Waals surface area contributed by atoms with Gasteiger partial charge in [0.1, 0.15) is 5.75 Å². The van der Waals surface area contributed by atoms with E-state index in [-0.39, 0.29) is 5.91 Å². The summed E-state index contributed by atoms with van der Waals surface area (Å²) in [6.45, 7) is 6.04. The Bertz CT molecular complexity index is 716. The van der Waals surface area contributed by atoms with Gasteiger partial charge in [0.2, 0.25) is 0 Å². The molecule has 0 heterocycles. The van der Waals surface area contributed by atoms with Crippen molar-refractivity contribution in [3.05, 3.63) is 63.1 Å². The quantitative estimate of drug-likeness (QED) is 0.848. The Kier molecular flexibility index (Phi) is 5.91. The standard InChI is InChI=1S/C18H19Cl2NO2/c1-11-5-4-6-17(12(11)2)23-13(3)18(22)21-10-14-7-8-15(19)9-16(14)20/h4-9,13H,10H2,1-3H3,(H,21,22)/t13-/m0/s1. The van der Waals surface area contributed by atoms with E-state index >= 15 is 0 Å². The van der Waals surface area contributed by atoms with Crippen LogP contribution in [-0.4, -0.2) is 12.0 Å². The third-order valence-corrected chi connectivity index (χ3v) is 4.28. The van der Waals surface area contributed by atoms with Crippen molar-refractivity contribution in [1.82, 2.24) is 5.32 Å². The zero-order chi connectivity index (χ0) is 17.0. The lowest BCUT2D eigenvalue weighted by molar-refractivity contribution is -0.127. The van der Waals surface area contributed by atoms with Crippen molar-refractivity contribution in [2.75, 3.05) is 0 Å². The fraction of sp³-hybridized carbons (Fsp3) is 0.278. The lowest BCUT2D eigenvalue weighted by Gasteiger charge is -2.17. The van der Waals surface area contributed by atoms with Crippen LogP contribution in [0, 0.1) is 13.8 Å². The lowest BCUT2D eigenvalue weighted by atomic mass is 10.1. The van der Waals surface area contributed by atoms with Gasteiger partial charge >= 0.3 is 0 Å². The van der Waals surface area contributed by atoms with E-state index in [2.05, 4.69) is 5.32 Å². The Labute approximate surface area is 146 Å². The van der Waals surface area contributed by atoms with Crippen LogP contribution in [0.2, 0.25) is 10.0 Å². The highest BCUT2D eigenvalue weighted by molar-refractivity contribution is 6.35. The summed E-state index contributed by atoms with van der Waals surface area (Å²) >= 11 is 11.9. The molecule has 5 heteroatoms. The van der Waals surface area contributed by atoms with Crippen LogP contribution in [0.1, 0.15) is 23.6 Å². The number of hydrogen-bond acceptors (Lipinski definition) is 2. The molecule has 2 rings (SSSR count). The number of ether oxygens (including phenoxy) is 1. The van der Waals surface area contributed by atoms with E-state index in [1.807, 2.05) is 32.0 Å². The van der Waals surface area contributed by atoms with Crippen LogP contribution in [-0.2, 0) is 11.3 Å². The van der Waals surface area contributed by atoms with Crippen molar-refractivity contribution in [2.24, 2.45) is 0 Å². The molecule has 0 aliphatic carbocycles.